The maximum Gasteiger partial charge on any atom is 0.158 e. The molecule has 0 saturated carbocycles. The summed E-state index contributed by atoms with van der Waals surface area (Å²) in [4.78, 5) is 4.23. The highest BCUT2D eigenvalue weighted by atomic mass is 79.9. The second-order valence-corrected chi connectivity index (χ2v) is 5.56. The predicted molar refractivity (Wildman–Crippen MR) is 81.7 cm³/mol. The van der Waals surface area contributed by atoms with Gasteiger partial charge in [-0.15, -0.1) is 0 Å². The Morgan fingerprint density at radius 1 is 1.11 bits per heavy atom. The summed E-state index contributed by atoms with van der Waals surface area (Å²) in [7, 11) is 0. The Labute approximate surface area is 122 Å². The third-order valence-electron chi connectivity index (χ3n) is 3.27. The van der Waals surface area contributed by atoms with Gasteiger partial charge in [0.25, 0.3) is 0 Å². The Morgan fingerprint density at radius 3 is 2.63 bits per heavy atom. The molecule has 2 nitrogen and oxygen atoms in total. The summed E-state index contributed by atoms with van der Waals surface area (Å²) < 4.78 is 6.62. The molecule has 0 saturated heterocycles. The average molecular weight is 333 g/mol. The molecule has 0 N–H and O–H groups in total. The number of fused-ring (bicyclic) bond motifs is 4. The summed E-state index contributed by atoms with van der Waals surface area (Å²) in [6, 6.07) is 12.3. The van der Waals surface area contributed by atoms with Crippen LogP contribution in [0.4, 0.5) is 0 Å². The summed E-state index contributed by atoms with van der Waals surface area (Å²) in [5.41, 5.74) is 1.50. The Bertz CT molecular complexity index is 945. The van der Waals surface area contributed by atoms with Crippen LogP contribution >= 0.6 is 27.5 Å². The smallest absolute Gasteiger partial charge is 0.158 e. The van der Waals surface area contributed by atoms with E-state index in [-0.39, 0.29) is 0 Å². The van der Waals surface area contributed by atoms with Crippen molar-refractivity contribution in [3.05, 3.63) is 52.2 Å². The van der Waals surface area contributed by atoms with Crippen LogP contribution in [-0.2, 0) is 0 Å². The van der Waals surface area contributed by atoms with Crippen molar-refractivity contribution in [1.29, 1.82) is 0 Å². The van der Waals surface area contributed by atoms with Gasteiger partial charge in [0.2, 0.25) is 0 Å². The lowest BCUT2D eigenvalue weighted by molar-refractivity contribution is 0.669. The number of hydrogen-bond acceptors (Lipinski definition) is 2. The standard InChI is InChI=1S/C15H7BrClNO/c16-15-13-10-5-8-3-1-2-4-9(8)6-12(10)19-14(13)11(17)7-18-15/h1-7H. The quantitative estimate of drug-likeness (QED) is 0.395. The lowest BCUT2D eigenvalue weighted by Gasteiger charge is -1.97. The Morgan fingerprint density at radius 2 is 1.84 bits per heavy atom. The maximum absolute atomic E-state index is 6.16. The van der Waals surface area contributed by atoms with Crippen molar-refractivity contribution >= 4 is 60.2 Å². The van der Waals surface area contributed by atoms with Crippen molar-refractivity contribution in [3.63, 3.8) is 0 Å². The van der Waals surface area contributed by atoms with Crippen molar-refractivity contribution in [2.24, 2.45) is 0 Å². The molecular weight excluding hydrogens is 326 g/mol. The van der Waals surface area contributed by atoms with E-state index in [1.165, 1.54) is 5.39 Å². The first-order chi connectivity index (χ1) is 9.24. The predicted octanol–water partition coefficient (Wildman–Crippen LogP) is 5.55. The summed E-state index contributed by atoms with van der Waals surface area (Å²) >= 11 is 9.62. The SMILES string of the molecule is Clc1cnc(Br)c2c1oc1cc3ccccc3cc12. The fraction of sp³-hybridized carbons (Fsp3) is 0. The van der Waals surface area contributed by atoms with E-state index < -0.39 is 0 Å². The van der Waals surface area contributed by atoms with Crippen LogP contribution in [0.15, 0.2) is 51.6 Å². The van der Waals surface area contributed by atoms with Crippen molar-refractivity contribution in [2.45, 2.75) is 0 Å². The number of rotatable bonds is 0. The van der Waals surface area contributed by atoms with Gasteiger partial charge in [0.1, 0.15) is 15.2 Å². The molecule has 0 aliphatic rings. The Kier molecular flexibility index (Phi) is 2.34. The molecule has 4 heteroatoms. The summed E-state index contributed by atoms with van der Waals surface area (Å²) in [5, 5.41) is 4.79. The average Bonchev–Trinajstić information content (AvgIpc) is 2.80. The van der Waals surface area contributed by atoms with Gasteiger partial charge in [-0.25, -0.2) is 4.98 Å². The first-order valence-corrected chi connectivity index (χ1v) is 6.96. The summed E-state index contributed by atoms with van der Waals surface area (Å²) in [5.74, 6) is 0. The van der Waals surface area contributed by atoms with Gasteiger partial charge in [0.05, 0.1) is 11.6 Å². The van der Waals surface area contributed by atoms with Gasteiger partial charge >= 0.3 is 0 Å². The van der Waals surface area contributed by atoms with Crippen LogP contribution in [0, 0.1) is 0 Å². The third-order valence-corrected chi connectivity index (χ3v) is 4.14. The minimum atomic E-state index is 0.526. The second kappa shape index (κ2) is 3.95. The molecule has 19 heavy (non-hydrogen) atoms. The molecule has 2 aromatic heterocycles. The number of furan rings is 1. The van der Waals surface area contributed by atoms with Crippen molar-refractivity contribution in [2.75, 3.05) is 0 Å². The van der Waals surface area contributed by atoms with E-state index in [0.717, 1.165) is 26.3 Å². The molecule has 0 spiro atoms. The van der Waals surface area contributed by atoms with Gasteiger partial charge in [0.15, 0.2) is 5.58 Å². The molecule has 2 heterocycles. The van der Waals surface area contributed by atoms with E-state index in [1.54, 1.807) is 6.20 Å². The molecule has 0 aliphatic heterocycles. The van der Waals surface area contributed by atoms with Crippen LogP contribution in [0.3, 0.4) is 0 Å². The molecule has 4 rings (SSSR count). The second-order valence-electron chi connectivity index (χ2n) is 4.40. The number of nitrogens with zero attached hydrogens (tertiary/aromatic N) is 1. The van der Waals surface area contributed by atoms with E-state index in [2.05, 4.69) is 39.1 Å². The molecule has 0 fully saturated rings. The largest absolute Gasteiger partial charge is 0.454 e. The van der Waals surface area contributed by atoms with Gasteiger partial charge in [-0.3, -0.25) is 0 Å². The lowest BCUT2D eigenvalue weighted by Crippen LogP contribution is -1.77. The Balaban J connectivity index is 2.30. The van der Waals surface area contributed by atoms with Crippen LogP contribution in [-0.4, -0.2) is 4.98 Å². The van der Waals surface area contributed by atoms with Crippen LogP contribution in [0.25, 0.3) is 32.7 Å². The summed E-state index contributed by atoms with van der Waals surface area (Å²) in [6.07, 6.45) is 1.59. The van der Waals surface area contributed by atoms with E-state index >= 15 is 0 Å². The highest BCUT2D eigenvalue weighted by Crippen LogP contribution is 2.38. The molecular formula is C15H7BrClNO. The normalized spacial score (nSPS) is 11.7. The number of aromatic nitrogens is 1. The third kappa shape index (κ3) is 1.58. The van der Waals surface area contributed by atoms with Gasteiger partial charge in [-0.1, -0.05) is 35.9 Å². The topological polar surface area (TPSA) is 26.0 Å². The molecule has 0 amide bonds. The zero-order valence-electron chi connectivity index (χ0n) is 9.65. The van der Waals surface area contributed by atoms with Crippen LogP contribution in [0.2, 0.25) is 5.02 Å². The highest BCUT2D eigenvalue weighted by molar-refractivity contribution is 9.10. The van der Waals surface area contributed by atoms with Crippen molar-refractivity contribution < 1.29 is 4.42 Å². The molecule has 0 aliphatic carbocycles. The van der Waals surface area contributed by atoms with Crippen molar-refractivity contribution in [3.8, 4) is 0 Å². The molecule has 0 bridgehead atoms. The Hall–Kier alpha value is -1.58. The number of pyridine rings is 1. The van der Waals surface area contributed by atoms with E-state index in [1.807, 2.05) is 18.2 Å². The fourth-order valence-corrected chi connectivity index (χ4v) is 3.07. The molecule has 0 unspecified atom stereocenters. The van der Waals surface area contributed by atoms with Crippen LogP contribution < -0.4 is 0 Å². The monoisotopic (exact) mass is 331 g/mol. The lowest BCUT2D eigenvalue weighted by atomic mass is 10.1. The summed E-state index contributed by atoms with van der Waals surface area (Å²) in [6.45, 7) is 0. The van der Waals surface area contributed by atoms with Gasteiger partial charge in [0, 0.05) is 5.39 Å². The first kappa shape index (κ1) is 11.3. The van der Waals surface area contributed by atoms with Crippen molar-refractivity contribution in [1.82, 2.24) is 4.98 Å². The maximum atomic E-state index is 6.16. The first-order valence-electron chi connectivity index (χ1n) is 5.79. The van der Waals surface area contributed by atoms with Crippen LogP contribution in [0.5, 0.6) is 0 Å². The van der Waals surface area contributed by atoms with Gasteiger partial charge < -0.3 is 4.42 Å². The zero-order valence-corrected chi connectivity index (χ0v) is 12.0. The van der Waals surface area contributed by atoms with Gasteiger partial charge in [-0.2, -0.15) is 0 Å². The fourth-order valence-electron chi connectivity index (χ4n) is 2.39. The van der Waals surface area contributed by atoms with Crippen LogP contribution in [0.1, 0.15) is 0 Å². The number of benzene rings is 2. The zero-order chi connectivity index (χ0) is 13.0. The van der Waals surface area contributed by atoms with E-state index in [9.17, 15) is 0 Å². The van der Waals surface area contributed by atoms with E-state index in [0.29, 0.717) is 10.6 Å². The molecule has 2 aromatic carbocycles. The number of halogens is 2. The molecule has 4 aromatic rings. The molecule has 0 radical (unpaired) electrons. The van der Waals surface area contributed by atoms with Gasteiger partial charge in [-0.05, 0) is 38.8 Å². The highest BCUT2D eigenvalue weighted by Gasteiger charge is 2.14. The molecule has 92 valence electrons. The number of hydrogen-bond donors (Lipinski definition) is 0. The van der Waals surface area contributed by atoms with E-state index in [4.69, 9.17) is 16.0 Å². The molecule has 0 atom stereocenters. The minimum absolute atomic E-state index is 0.526. The minimum Gasteiger partial charge on any atom is -0.454 e.